The second-order valence-corrected chi connectivity index (χ2v) is 39.8. The van der Waals surface area contributed by atoms with Crippen LogP contribution in [0.1, 0.15) is 0 Å². The molecule has 0 aromatic heterocycles. The van der Waals surface area contributed by atoms with E-state index in [4.69, 9.17) is 55.8 Å². The first-order chi connectivity index (χ1) is 2.45. The van der Waals surface area contributed by atoms with Crippen molar-refractivity contribution >= 4 is 55.8 Å². The Kier molecular flexibility index (Phi) is 2.08. The third kappa shape index (κ3) is 58.5. The van der Waals surface area contributed by atoms with Crippen LogP contribution in [-0.2, 0) is 7.66 Å². The van der Waals surface area contributed by atoms with Crippen LogP contribution in [0.25, 0.3) is 0 Å². The Labute approximate surface area is 62.6 Å². The third-order valence-electron chi connectivity index (χ3n) is 0. The predicted octanol–water partition coefficient (Wildman–Crippen LogP) is 4.13. The molecule has 0 spiro atoms. The summed E-state index contributed by atoms with van der Waals surface area (Å²) in [5.74, 6) is 0. The van der Waals surface area contributed by atoms with Crippen LogP contribution in [0.5, 0.6) is 0 Å². The number of rotatable bonds is 0. The Balaban J connectivity index is 4.43. The van der Waals surface area contributed by atoms with Crippen molar-refractivity contribution in [2.45, 2.75) is 0 Å². The number of hydrogen-bond donors (Lipinski definition) is 0. The van der Waals surface area contributed by atoms with Crippen molar-refractivity contribution in [3.05, 3.63) is 0 Å². The summed E-state index contributed by atoms with van der Waals surface area (Å²) in [4.78, 5) is 0. The average molecular weight is 261 g/mol. The molecular weight excluding hydrogens is 261 g/mol. The molecular formula is Cl6Ti-2. The van der Waals surface area contributed by atoms with Crippen LogP contribution >= 0.6 is 55.8 Å². The molecule has 0 unspecified atom stereocenters. The van der Waals surface area contributed by atoms with E-state index in [2.05, 4.69) is 0 Å². The summed E-state index contributed by atoms with van der Waals surface area (Å²) in [6.45, 7) is 0. The normalized spacial score (nSPS) is 23.1. The fourth-order valence-corrected chi connectivity index (χ4v) is 0. The molecule has 0 saturated heterocycles. The second-order valence-electron chi connectivity index (χ2n) is 1.07. The zero-order valence-electron chi connectivity index (χ0n) is 2.77. The minimum absolute atomic E-state index is 5.06. The SMILES string of the molecule is [Cl][Ti-2]([Cl])([Cl])([Cl])([Cl])[Cl]. The molecule has 48 valence electrons. The van der Waals surface area contributed by atoms with Gasteiger partial charge in [0.15, 0.2) is 0 Å². The molecule has 0 fully saturated rings. The van der Waals surface area contributed by atoms with Crippen molar-refractivity contribution in [3.63, 3.8) is 0 Å². The standard InChI is InChI=1S/6ClH.Ti/h6*1H;/q;;;;;;+4/p-6. The molecule has 0 amide bonds. The van der Waals surface area contributed by atoms with Crippen molar-refractivity contribution in [2.75, 3.05) is 0 Å². The monoisotopic (exact) mass is 258 g/mol. The van der Waals surface area contributed by atoms with E-state index in [1.54, 1.807) is 0 Å². The van der Waals surface area contributed by atoms with Crippen molar-refractivity contribution < 1.29 is 7.66 Å². The molecule has 0 N–H and O–H groups in total. The molecule has 0 nitrogen and oxygen atoms in total. The van der Waals surface area contributed by atoms with E-state index in [1.165, 1.54) is 0 Å². The van der Waals surface area contributed by atoms with Crippen LogP contribution in [0.2, 0.25) is 0 Å². The van der Waals surface area contributed by atoms with E-state index in [-0.39, 0.29) is 0 Å². The van der Waals surface area contributed by atoms with E-state index >= 15 is 0 Å². The minimum atomic E-state index is -5.33. The molecule has 0 aliphatic heterocycles. The van der Waals surface area contributed by atoms with Gasteiger partial charge in [-0.3, -0.25) is 0 Å². The molecule has 7 heteroatoms. The fourth-order valence-electron chi connectivity index (χ4n) is 0. The van der Waals surface area contributed by atoms with E-state index < -0.39 is 7.66 Å². The van der Waals surface area contributed by atoms with Gasteiger partial charge in [-0.15, -0.1) is 0 Å². The van der Waals surface area contributed by atoms with Crippen molar-refractivity contribution in [2.24, 2.45) is 0 Å². The Morgan fingerprint density at radius 1 is 0.571 bits per heavy atom. The first kappa shape index (κ1) is 9.45. The van der Waals surface area contributed by atoms with E-state index in [9.17, 15) is 0 Å². The molecule has 7 heavy (non-hydrogen) atoms. The van der Waals surface area contributed by atoms with Crippen molar-refractivity contribution in [1.82, 2.24) is 0 Å². The number of hydrogen-bond acceptors (Lipinski definition) is 0. The van der Waals surface area contributed by atoms with Gasteiger partial charge in [0.1, 0.15) is 0 Å². The zero-order valence-corrected chi connectivity index (χ0v) is 8.86. The third-order valence-corrected chi connectivity index (χ3v) is 0. The van der Waals surface area contributed by atoms with E-state index in [1.807, 2.05) is 0 Å². The van der Waals surface area contributed by atoms with Gasteiger partial charge in [0, 0.05) is 0 Å². The van der Waals surface area contributed by atoms with Crippen LogP contribution in [0, 0.1) is 0 Å². The Morgan fingerprint density at radius 3 is 0.571 bits per heavy atom. The molecule has 0 radical (unpaired) electrons. The van der Waals surface area contributed by atoms with Crippen molar-refractivity contribution in [3.8, 4) is 0 Å². The molecule has 0 bridgehead atoms. The summed E-state index contributed by atoms with van der Waals surface area (Å²) >= 11 is 0. The van der Waals surface area contributed by atoms with Crippen LogP contribution in [0.3, 0.4) is 0 Å². The quantitative estimate of drug-likeness (QED) is 0.574. The molecule has 0 aliphatic carbocycles. The van der Waals surface area contributed by atoms with Crippen LogP contribution in [0.15, 0.2) is 0 Å². The average Bonchev–Trinajstić information content (AvgIpc) is 0.592. The van der Waals surface area contributed by atoms with Crippen LogP contribution in [0.4, 0.5) is 0 Å². The van der Waals surface area contributed by atoms with Crippen LogP contribution in [-0.4, -0.2) is 0 Å². The van der Waals surface area contributed by atoms with Gasteiger partial charge in [0.2, 0.25) is 0 Å². The van der Waals surface area contributed by atoms with Crippen LogP contribution < -0.4 is 0 Å². The van der Waals surface area contributed by atoms with Gasteiger partial charge in [0.05, 0.1) is 0 Å². The van der Waals surface area contributed by atoms with Gasteiger partial charge in [-0.25, -0.2) is 0 Å². The summed E-state index contributed by atoms with van der Waals surface area (Å²) in [7, 11) is 25.0. The Morgan fingerprint density at radius 2 is 0.571 bits per heavy atom. The molecule has 0 aromatic carbocycles. The molecule has 0 rings (SSSR count). The van der Waals surface area contributed by atoms with Gasteiger partial charge in [-0.2, -0.15) is 0 Å². The summed E-state index contributed by atoms with van der Waals surface area (Å²) in [5, 5.41) is 0. The van der Waals surface area contributed by atoms with Crippen molar-refractivity contribution in [1.29, 1.82) is 0 Å². The fraction of sp³-hybridized carbons (Fsp3) is 0. The summed E-state index contributed by atoms with van der Waals surface area (Å²) in [6, 6.07) is 0. The van der Waals surface area contributed by atoms with Gasteiger partial charge < -0.3 is 0 Å². The molecule has 0 heterocycles. The van der Waals surface area contributed by atoms with Gasteiger partial charge in [-0.05, 0) is 0 Å². The maximum absolute atomic E-state index is 5.33. The van der Waals surface area contributed by atoms with E-state index in [0.29, 0.717) is 0 Å². The second kappa shape index (κ2) is 1.54. The van der Waals surface area contributed by atoms with Gasteiger partial charge in [0.25, 0.3) is 0 Å². The predicted molar refractivity (Wildman–Crippen MR) is 35.1 cm³/mol. The van der Waals surface area contributed by atoms with Gasteiger partial charge in [-0.1, -0.05) is 0 Å². The molecule has 0 saturated carbocycles. The van der Waals surface area contributed by atoms with E-state index in [0.717, 1.165) is 0 Å². The summed E-state index contributed by atoms with van der Waals surface area (Å²) < 4.78 is 0. The summed E-state index contributed by atoms with van der Waals surface area (Å²) in [6.07, 6.45) is 0. The molecule has 0 aromatic rings. The maximum atomic E-state index is 5.06. The first-order valence-electron chi connectivity index (χ1n) is 1.13. The Bertz CT molecular complexity index is 62.7. The molecule has 0 aliphatic rings. The van der Waals surface area contributed by atoms with Gasteiger partial charge >= 0.3 is 63.5 Å². The topological polar surface area (TPSA) is 0 Å². The summed E-state index contributed by atoms with van der Waals surface area (Å²) in [5.41, 5.74) is 0. The first-order valence-corrected chi connectivity index (χ1v) is 14.0. The Hall–Kier alpha value is 2.45. The molecule has 0 atom stereocenters. The number of halogens is 6. The zero-order chi connectivity index (χ0) is 6.41.